The van der Waals surface area contributed by atoms with Gasteiger partial charge in [-0.3, -0.25) is 4.57 Å². The minimum atomic E-state index is -0.364. The highest BCUT2D eigenvalue weighted by molar-refractivity contribution is 6.34. The lowest BCUT2D eigenvalue weighted by molar-refractivity contribution is 0.567. The van der Waals surface area contributed by atoms with Crippen LogP contribution in [-0.2, 0) is 0 Å². The zero-order valence-corrected chi connectivity index (χ0v) is 7.11. The fourth-order valence-corrected chi connectivity index (χ4v) is 0.866. The quantitative estimate of drug-likeness (QED) is 0.551. The second-order valence-electron chi connectivity index (χ2n) is 2.87. The fourth-order valence-electron chi connectivity index (χ4n) is 0.866. The molecule has 0 saturated heterocycles. The molecule has 2 radical (unpaired) electrons. The number of hydrogen-bond acceptors (Lipinski definition) is 3. The minimum absolute atomic E-state index is 0.0490. The number of nitrogens with zero attached hydrogens (tertiary/aromatic N) is 2. The summed E-state index contributed by atoms with van der Waals surface area (Å²) >= 11 is 0. The van der Waals surface area contributed by atoms with Crippen LogP contribution in [0.4, 0.5) is 5.82 Å². The normalized spacial score (nSPS) is 10.6. The van der Waals surface area contributed by atoms with Crippen LogP contribution >= 0.6 is 0 Å². The van der Waals surface area contributed by atoms with E-state index in [2.05, 4.69) is 4.98 Å². The van der Waals surface area contributed by atoms with Crippen LogP contribution in [0, 0.1) is 0 Å². The maximum atomic E-state index is 11.1. The van der Waals surface area contributed by atoms with Crippen LogP contribution in [-0.4, -0.2) is 17.4 Å². The van der Waals surface area contributed by atoms with Gasteiger partial charge in [-0.2, -0.15) is 4.98 Å². The number of aromatic nitrogens is 2. The SMILES string of the molecule is [B]c1cn(C(C)C)c(=O)nc1N. The lowest BCUT2D eigenvalue weighted by Crippen LogP contribution is -2.31. The van der Waals surface area contributed by atoms with E-state index in [1.54, 1.807) is 0 Å². The Kier molecular flexibility index (Phi) is 2.21. The molecule has 0 unspecified atom stereocenters. The number of nitrogens with two attached hydrogens (primary N) is 1. The third-order valence-corrected chi connectivity index (χ3v) is 1.57. The molecule has 0 aliphatic carbocycles. The lowest BCUT2D eigenvalue weighted by atomic mass is 9.99. The molecule has 1 rings (SSSR count). The Hall–Kier alpha value is -1.26. The zero-order valence-electron chi connectivity index (χ0n) is 7.11. The predicted octanol–water partition coefficient (Wildman–Crippen LogP) is -0.800. The van der Waals surface area contributed by atoms with E-state index in [1.165, 1.54) is 10.8 Å². The molecule has 0 fully saturated rings. The van der Waals surface area contributed by atoms with Crippen molar-refractivity contribution in [2.24, 2.45) is 0 Å². The molecule has 5 heteroatoms. The number of nitrogen functional groups attached to an aromatic ring is 1. The van der Waals surface area contributed by atoms with Crippen molar-refractivity contribution in [1.82, 2.24) is 9.55 Å². The predicted molar refractivity (Wildman–Crippen MR) is 48.7 cm³/mol. The molecule has 0 bridgehead atoms. The molecule has 0 aliphatic heterocycles. The molecule has 4 nitrogen and oxygen atoms in total. The average molecular weight is 163 g/mol. The van der Waals surface area contributed by atoms with Crippen LogP contribution in [0.25, 0.3) is 0 Å². The molecule has 0 saturated carbocycles. The highest BCUT2D eigenvalue weighted by atomic mass is 16.1. The highest BCUT2D eigenvalue weighted by Gasteiger charge is 2.03. The van der Waals surface area contributed by atoms with Crippen molar-refractivity contribution < 1.29 is 0 Å². The van der Waals surface area contributed by atoms with Crippen LogP contribution in [0.3, 0.4) is 0 Å². The van der Waals surface area contributed by atoms with Gasteiger partial charge in [0.15, 0.2) is 0 Å². The van der Waals surface area contributed by atoms with E-state index in [4.69, 9.17) is 13.6 Å². The molecular weight excluding hydrogens is 153 g/mol. The van der Waals surface area contributed by atoms with Crippen molar-refractivity contribution in [3.05, 3.63) is 16.7 Å². The van der Waals surface area contributed by atoms with Crippen LogP contribution in [0.2, 0.25) is 0 Å². The summed E-state index contributed by atoms with van der Waals surface area (Å²) < 4.78 is 1.44. The second-order valence-corrected chi connectivity index (χ2v) is 2.87. The van der Waals surface area contributed by atoms with Crippen molar-refractivity contribution >= 4 is 19.1 Å². The lowest BCUT2D eigenvalue weighted by Gasteiger charge is -2.10. The molecule has 62 valence electrons. The van der Waals surface area contributed by atoms with Crippen molar-refractivity contribution in [2.45, 2.75) is 19.9 Å². The smallest absolute Gasteiger partial charge is 0.349 e. The number of anilines is 1. The largest absolute Gasteiger partial charge is 0.384 e. The van der Waals surface area contributed by atoms with Gasteiger partial charge in [0.25, 0.3) is 0 Å². The third-order valence-electron chi connectivity index (χ3n) is 1.57. The summed E-state index contributed by atoms with van der Waals surface area (Å²) in [5, 5.41) is 0. The average Bonchev–Trinajstić information content (AvgIpc) is 1.96. The Labute approximate surface area is 71.8 Å². The first-order valence-corrected chi connectivity index (χ1v) is 3.66. The van der Waals surface area contributed by atoms with Gasteiger partial charge in [0.1, 0.15) is 13.7 Å². The van der Waals surface area contributed by atoms with Crippen molar-refractivity contribution in [3.8, 4) is 0 Å². The molecule has 12 heavy (non-hydrogen) atoms. The molecule has 0 spiro atoms. The standard InChI is InChI=1S/C7H10BN3O/c1-4(2)11-3-5(8)6(9)10-7(11)12/h3-4H,1-2H3,(H2,9,10,12). The summed E-state index contributed by atoms with van der Waals surface area (Å²) in [6.45, 7) is 3.75. The Morgan fingerprint density at radius 1 is 1.67 bits per heavy atom. The fraction of sp³-hybridized carbons (Fsp3) is 0.429. The summed E-state index contributed by atoms with van der Waals surface area (Å²) in [7, 11) is 5.48. The Morgan fingerprint density at radius 3 is 2.75 bits per heavy atom. The Morgan fingerprint density at radius 2 is 2.25 bits per heavy atom. The summed E-state index contributed by atoms with van der Waals surface area (Å²) in [5.74, 6) is 0.0944. The van der Waals surface area contributed by atoms with Crippen molar-refractivity contribution in [2.75, 3.05) is 5.73 Å². The topological polar surface area (TPSA) is 60.9 Å². The first-order valence-electron chi connectivity index (χ1n) is 3.66. The van der Waals surface area contributed by atoms with E-state index in [-0.39, 0.29) is 17.5 Å². The van der Waals surface area contributed by atoms with Gasteiger partial charge >= 0.3 is 5.69 Å². The van der Waals surface area contributed by atoms with Gasteiger partial charge < -0.3 is 5.73 Å². The van der Waals surface area contributed by atoms with Crippen LogP contribution in [0.5, 0.6) is 0 Å². The van der Waals surface area contributed by atoms with Crippen molar-refractivity contribution in [1.29, 1.82) is 0 Å². The van der Waals surface area contributed by atoms with E-state index < -0.39 is 0 Å². The van der Waals surface area contributed by atoms with Gasteiger partial charge in [0, 0.05) is 12.2 Å². The molecule has 0 atom stereocenters. The zero-order chi connectivity index (χ0) is 9.30. The molecule has 2 N–H and O–H groups in total. The van der Waals surface area contributed by atoms with Gasteiger partial charge in [-0.15, -0.1) is 0 Å². The summed E-state index contributed by atoms with van der Waals surface area (Å²) in [6, 6.07) is 0.0490. The van der Waals surface area contributed by atoms with Gasteiger partial charge in [-0.05, 0) is 19.3 Å². The number of hydrogen-bond donors (Lipinski definition) is 1. The molecular formula is C7H10BN3O. The van der Waals surface area contributed by atoms with E-state index in [0.29, 0.717) is 5.46 Å². The van der Waals surface area contributed by atoms with Gasteiger partial charge in [0.05, 0.1) is 0 Å². The monoisotopic (exact) mass is 163 g/mol. The molecule has 0 amide bonds. The molecule has 0 aromatic carbocycles. The second kappa shape index (κ2) is 3.01. The number of rotatable bonds is 1. The molecule has 1 heterocycles. The summed E-state index contributed by atoms with van der Waals surface area (Å²) in [4.78, 5) is 14.7. The van der Waals surface area contributed by atoms with Crippen LogP contribution in [0.1, 0.15) is 19.9 Å². The summed E-state index contributed by atoms with van der Waals surface area (Å²) in [5.41, 5.74) is 5.31. The summed E-state index contributed by atoms with van der Waals surface area (Å²) in [6.07, 6.45) is 1.51. The maximum Gasteiger partial charge on any atom is 0.349 e. The van der Waals surface area contributed by atoms with Crippen LogP contribution < -0.4 is 16.9 Å². The Balaban J connectivity index is 3.33. The molecule has 1 aromatic heterocycles. The van der Waals surface area contributed by atoms with E-state index in [1.807, 2.05) is 13.8 Å². The third kappa shape index (κ3) is 1.49. The molecule has 1 aromatic rings. The first kappa shape index (κ1) is 8.84. The maximum absolute atomic E-state index is 11.1. The first-order chi connectivity index (χ1) is 5.52. The molecule has 0 aliphatic rings. The van der Waals surface area contributed by atoms with Gasteiger partial charge in [-0.25, -0.2) is 4.79 Å². The van der Waals surface area contributed by atoms with E-state index in [9.17, 15) is 4.79 Å². The minimum Gasteiger partial charge on any atom is -0.384 e. The van der Waals surface area contributed by atoms with E-state index in [0.717, 1.165) is 0 Å². The van der Waals surface area contributed by atoms with Gasteiger partial charge in [-0.1, -0.05) is 0 Å². The highest BCUT2D eigenvalue weighted by Crippen LogP contribution is 1.97. The van der Waals surface area contributed by atoms with E-state index >= 15 is 0 Å². The van der Waals surface area contributed by atoms with Gasteiger partial charge in [0.2, 0.25) is 0 Å². The Bertz CT molecular complexity index is 345. The van der Waals surface area contributed by atoms with Crippen LogP contribution in [0.15, 0.2) is 11.0 Å². The van der Waals surface area contributed by atoms with Crippen molar-refractivity contribution in [3.63, 3.8) is 0 Å².